The van der Waals surface area contributed by atoms with Crippen LogP contribution in [0.2, 0.25) is 0 Å². The van der Waals surface area contributed by atoms with Crippen LogP contribution in [0.3, 0.4) is 0 Å². The van der Waals surface area contributed by atoms with Gasteiger partial charge in [-0.05, 0) is 45.2 Å². The van der Waals surface area contributed by atoms with Crippen LogP contribution in [0.1, 0.15) is 40.0 Å². The monoisotopic (exact) mass is 286 g/mol. The van der Waals surface area contributed by atoms with E-state index in [1.54, 1.807) is 14.0 Å². The van der Waals surface area contributed by atoms with Gasteiger partial charge in [0.15, 0.2) is 0 Å². The molecule has 1 rings (SSSR count). The lowest BCUT2D eigenvalue weighted by atomic mass is 9.93. The quantitative estimate of drug-likeness (QED) is 0.709. The molecule has 0 bridgehead atoms. The highest BCUT2D eigenvalue weighted by atomic mass is 16.5. The standard InChI is InChI=1S/C15H30N2O3/c1-5-8-16-15(3,14(18)19)7-10-17-9-6-12(2)13(11-17)20-4/h12-13,16H,5-11H2,1-4H3,(H,18,19). The van der Waals surface area contributed by atoms with Crippen LogP contribution in [0.5, 0.6) is 0 Å². The third-order valence-corrected chi connectivity index (χ3v) is 4.44. The highest BCUT2D eigenvalue weighted by molar-refractivity contribution is 5.78. The first kappa shape index (κ1) is 17.4. The fourth-order valence-electron chi connectivity index (χ4n) is 2.66. The van der Waals surface area contributed by atoms with Crippen LogP contribution < -0.4 is 5.32 Å². The molecule has 1 heterocycles. The predicted octanol–water partition coefficient (Wildman–Crippen LogP) is 1.58. The summed E-state index contributed by atoms with van der Waals surface area (Å²) in [7, 11) is 1.76. The minimum Gasteiger partial charge on any atom is -0.480 e. The molecule has 0 aromatic carbocycles. The number of methoxy groups -OCH3 is 1. The number of likely N-dealkylation sites (tertiary alicyclic amines) is 1. The van der Waals surface area contributed by atoms with Gasteiger partial charge in [0, 0.05) is 20.2 Å². The molecular weight excluding hydrogens is 256 g/mol. The average Bonchev–Trinajstić information content (AvgIpc) is 2.44. The van der Waals surface area contributed by atoms with Crippen molar-refractivity contribution in [3.05, 3.63) is 0 Å². The maximum atomic E-state index is 11.5. The number of aliphatic carboxylic acids is 1. The Labute approximate surface area is 122 Å². The zero-order valence-corrected chi connectivity index (χ0v) is 13.3. The maximum absolute atomic E-state index is 11.5. The molecule has 2 N–H and O–H groups in total. The van der Waals surface area contributed by atoms with E-state index in [1.165, 1.54) is 0 Å². The summed E-state index contributed by atoms with van der Waals surface area (Å²) >= 11 is 0. The van der Waals surface area contributed by atoms with Gasteiger partial charge in [-0.3, -0.25) is 4.79 Å². The average molecular weight is 286 g/mol. The fraction of sp³-hybridized carbons (Fsp3) is 0.933. The molecule has 0 radical (unpaired) electrons. The van der Waals surface area contributed by atoms with Crippen molar-refractivity contribution >= 4 is 5.97 Å². The number of piperidine rings is 1. The number of ether oxygens (including phenoxy) is 1. The minimum atomic E-state index is -0.832. The molecule has 5 heteroatoms. The summed E-state index contributed by atoms with van der Waals surface area (Å²) in [5.41, 5.74) is -0.832. The molecule has 3 unspecified atom stereocenters. The van der Waals surface area contributed by atoms with E-state index in [0.717, 1.165) is 39.0 Å². The Bertz CT molecular complexity index is 311. The summed E-state index contributed by atoms with van der Waals surface area (Å²) in [6.07, 6.45) is 2.94. The van der Waals surface area contributed by atoms with Gasteiger partial charge in [-0.15, -0.1) is 0 Å². The lowest BCUT2D eigenvalue weighted by molar-refractivity contribution is -0.144. The maximum Gasteiger partial charge on any atom is 0.323 e. The van der Waals surface area contributed by atoms with E-state index in [0.29, 0.717) is 12.3 Å². The number of rotatable bonds is 8. The fourth-order valence-corrected chi connectivity index (χ4v) is 2.66. The van der Waals surface area contributed by atoms with Crippen molar-refractivity contribution in [2.24, 2.45) is 5.92 Å². The van der Waals surface area contributed by atoms with Crippen molar-refractivity contribution in [2.75, 3.05) is 33.3 Å². The Kier molecular flexibility index (Phi) is 6.92. The second-order valence-corrected chi connectivity index (χ2v) is 6.15. The third-order valence-electron chi connectivity index (χ3n) is 4.44. The molecule has 0 aliphatic carbocycles. The number of nitrogens with one attached hydrogen (secondary N) is 1. The molecule has 20 heavy (non-hydrogen) atoms. The molecule has 1 fully saturated rings. The van der Waals surface area contributed by atoms with E-state index < -0.39 is 11.5 Å². The second-order valence-electron chi connectivity index (χ2n) is 6.15. The van der Waals surface area contributed by atoms with Gasteiger partial charge in [0.05, 0.1) is 6.10 Å². The predicted molar refractivity (Wildman–Crippen MR) is 80.0 cm³/mol. The molecule has 1 aliphatic rings. The summed E-state index contributed by atoms with van der Waals surface area (Å²) in [6, 6.07) is 0. The summed E-state index contributed by atoms with van der Waals surface area (Å²) in [6.45, 7) is 9.52. The van der Waals surface area contributed by atoms with Crippen molar-refractivity contribution in [3.8, 4) is 0 Å². The van der Waals surface area contributed by atoms with E-state index in [2.05, 4.69) is 17.1 Å². The molecule has 118 valence electrons. The Morgan fingerprint density at radius 2 is 2.25 bits per heavy atom. The number of carbonyl (C=O) groups is 1. The third kappa shape index (κ3) is 4.72. The molecule has 1 saturated heterocycles. The topological polar surface area (TPSA) is 61.8 Å². The Morgan fingerprint density at radius 3 is 2.80 bits per heavy atom. The molecule has 0 aromatic heterocycles. The molecule has 0 aromatic rings. The second kappa shape index (κ2) is 7.96. The molecule has 1 aliphatic heterocycles. The number of carboxylic acids is 1. The molecule has 5 nitrogen and oxygen atoms in total. The Morgan fingerprint density at radius 1 is 1.55 bits per heavy atom. The van der Waals surface area contributed by atoms with Crippen LogP contribution >= 0.6 is 0 Å². The van der Waals surface area contributed by atoms with Crippen LogP contribution in [0.15, 0.2) is 0 Å². The minimum absolute atomic E-state index is 0.267. The largest absolute Gasteiger partial charge is 0.480 e. The number of hydrogen-bond acceptors (Lipinski definition) is 4. The van der Waals surface area contributed by atoms with Crippen molar-refractivity contribution in [1.29, 1.82) is 0 Å². The van der Waals surface area contributed by atoms with Crippen LogP contribution in [-0.2, 0) is 9.53 Å². The lowest BCUT2D eigenvalue weighted by Crippen LogP contribution is -2.53. The summed E-state index contributed by atoms with van der Waals surface area (Å²) in [4.78, 5) is 13.8. The SMILES string of the molecule is CCCNC(C)(CCN1CCC(C)C(OC)C1)C(=O)O. The number of carboxylic acid groups (broad SMARTS) is 1. The first-order valence-corrected chi connectivity index (χ1v) is 7.66. The van der Waals surface area contributed by atoms with Gasteiger partial charge in [0.25, 0.3) is 0 Å². The van der Waals surface area contributed by atoms with Gasteiger partial charge in [0.1, 0.15) is 5.54 Å². The zero-order valence-electron chi connectivity index (χ0n) is 13.3. The highest BCUT2D eigenvalue weighted by Crippen LogP contribution is 2.21. The normalized spacial score (nSPS) is 27.2. The van der Waals surface area contributed by atoms with Crippen molar-refractivity contribution in [1.82, 2.24) is 10.2 Å². The summed E-state index contributed by atoms with van der Waals surface area (Å²) in [5, 5.41) is 12.6. The lowest BCUT2D eigenvalue weighted by Gasteiger charge is -2.37. The van der Waals surface area contributed by atoms with Crippen LogP contribution in [0, 0.1) is 5.92 Å². The summed E-state index contributed by atoms with van der Waals surface area (Å²) in [5.74, 6) is -0.181. The molecule has 0 amide bonds. The molecule has 0 saturated carbocycles. The Hall–Kier alpha value is -0.650. The number of nitrogens with zero attached hydrogens (tertiary/aromatic N) is 1. The van der Waals surface area contributed by atoms with E-state index in [-0.39, 0.29) is 6.10 Å². The van der Waals surface area contributed by atoms with E-state index >= 15 is 0 Å². The van der Waals surface area contributed by atoms with Gasteiger partial charge >= 0.3 is 5.97 Å². The van der Waals surface area contributed by atoms with Crippen LogP contribution in [-0.4, -0.2) is 60.9 Å². The van der Waals surface area contributed by atoms with Crippen molar-refractivity contribution in [2.45, 2.75) is 51.7 Å². The van der Waals surface area contributed by atoms with Gasteiger partial charge in [-0.25, -0.2) is 0 Å². The van der Waals surface area contributed by atoms with E-state index in [9.17, 15) is 9.90 Å². The van der Waals surface area contributed by atoms with Crippen LogP contribution in [0.4, 0.5) is 0 Å². The van der Waals surface area contributed by atoms with Crippen molar-refractivity contribution < 1.29 is 14.6 Å². The molecule has 3 atom stereocenters. The van der Waals surface area contributed by atoms with Crippen LogP contribution in [0.25, 0.3) is 0 Å². The van der Waals surface area contributed by atoms with Gasteiger partial charge in [-0.1, -0.05) is 13.8 Å². The van der Waals surface area contributed by atoms with Gasteiger partial charge in [-0.2, -0.15) is 0 Å². The van der Waals surface area contributed by atoms with Gasteiger partial charge < -0.3 is 20.1 Å². The highest BCUT2D eigenvalue weighted by Gasteiger charge is 2.34. The van der Waals surface area contributed by atoms with Gasteiger partial charge in [0.2, 0.25) is 0 Å². The molecular formula is C15H30N2O3. The van der Waals surface area contributed by atoms with E-state index in [4.69, 9.17) is 4.74 Å². The first-order chi connectivity index (χ1) is 9.42. The first-order valence-electron chi connectivity index (χ1n) is 7.66. The van der Waals surface area contributed by atoms with Crippen molar-refractivity contribution in [3.63, 3.8) is 0 Å². The molecule has 0 spiro atoms. The Balaban J connectivity index is 2.49. The van der Waals surface area contributed by atoms with E-state index in [1.807, 2.05) is 6.92 Å². The zero-order chi connectivity index (χ0) is 15.2. The number of hydrogen-bond donors (Lipinski definition) is 2. The smallest absolute Gasteiger partial charge is 0.323 e. The summed E-state index contributed by atoms with van der Waals surface area (Å²) < 4.78 is 5.50.